The minimum absolute atomic E-state index is 0.0417. The highest BCUT2D eigenvalue weighted by Gasteiger charge is 2.26. The molecule has 1 aliphatic heterocycles. The van der Waals surface area contributed by atoms with Crippen LogP contribution in [-0.4, -0.2) is 97.9 Å². The molecule has 12 heteroatoms. The highest BCUT2D eigenvalue weighted by Crippen LogP contribution is 2.06. The monoisotopic (exact) mass is 435 g/mol. The first-order chi connectivity index (χ1) is 13.7. The molecular weight excluding hydrogens is 402 g/mol. The van der Waals surface area contributed by atoms with Gasteiger partial charge < -0.3 is 40.0 Å². The maximum Gasteiger partial charge on any atom is 0.326 e. The van der Waals surface area contributed by atoms with E-state index in [1.54, 1.807) is 14.0 Å². The van der Waals surface area contributed by atoms with E-state index >= 15 is 0 Å². The minimum Gasteiger partial charge on any atom is -0.550 e. The molecule has 1 fully saturated rings. The van der Waals surface area contributed by atoms with E-state index in [1.807, 2.05) is 21.1 Å². The van der Waals surface area contributed by atoms with Crippen LogP contribution in [0.15, 0.2) is 0 Å². The van der Waals surface area contributed by atoms with E-state index in [1.165, 1.54) is 0 Å². The molecule has 0 aromatic rings. The predicted molar refractivity (Wildman–Crippen MR) is 103 cm³/mol. The Morgan fingerprint density at radius 3 is 2.07 bits per heavy atom. The fourth-order valence-corrected chi connectivity index (χ4v) is 2.16. The van der Waals surface area contributed by atoms with Gasteiger partial charge in [0.1, 0.15) is 12.6 Å². The first kappa shape index (κ1) is 29.5. The summed E-state index contributed by atoms with van der Waals surface area (Å²) in [7, 11) is 7.31. The molecule has 4 N–H and O–H groups in total. The lowest BCUT2D eigenvalue weighted by molar-refractivity contribution is -0.873. The number of ether oxygens (including phenoxy) is 1. The standard InChI is InChI=1S/C10H19NO4.C5H7NO3.C3H7NO2/c1-5-10(14)15-8(6-9(12)13)7-11(2,3)4;7-4-2-1-3(6-4)5(8)9;1-4-2-3(5)6/h8H,5-7H2,1-4H3;3H,1-2H2,(H,6,7)(H,8,9);4H,2H2,1H3,(H,5,6)/t;3-;/m.0./s1. The van der Waals surface area contributed by atoms with Crippen LogP contribution in [0, 0.1) is 0 Å². The molecule has 1 rings (SSSR count). The first-order valence-corrected chi connectivity index (χ1v) is 9.30. The third-order valence-electron chi connectivity index (χ3n) is 3.35. The number of hydrogen-bond acceptors (Lipinski definition) is 8. The molecule has 30 heavy (non-hydrogen) atoms. The van der Waals surface area contributed by atoms with Crippen LogP contribution in [0.5, 0.6) is 0 Å². The Morgan fingerprint density at radius 1 is 1.27 bits per heavy atom. The molecule has 1 saturated heterocycles. The Balaban J connectivity index is 0. The number of hydrogen-bond donors (Lipinski definition) is 4. The van der Waals surface area contributed by atoms with E-state index in [0.717, 1.165) is 0 Å². The van der Waals surface area contributed by atoms with Crippen molar-refractivity contribution in [3.63, 3.8) is 0 Å². The normalized spacial score (nSPS) is 16.0. The Kier molecular flexibility index (Phi) is 14.9. The van der Waals surface area contributed by atoms with Crippen molar-refractivity contribution in [1.82, 2.24) is 10.6 Å². The van der Waals surface area contributed by atoms with Gasteiger partial charge in [0.2, 0.25) is 5.91 Å². The largest absolute Gasteiger partial charge is 0.550 e. The molecule has 1 unspecified atom stereocenters. The molecule has 1 heterocycles. The topological polar surface area (TPSA) is 182 Å². The van der Waals surface area contributed by atoms with Crippen molar-refractivity contribution < 1.29 is 48.5 Å². The Hall–Kier alpha value is -2.73. The quantitative estimate of drug-likeness (QED) is 0.229. The van der Waals surface area contributed by atoms with Crippen LogP contribution in [0.2, 0.25) is 0 Å². The summed E-state index contributed by atoms with van der Waals surface area (Å²) >= 11 is 0. The summed E-state index contributed by atoms with van der Waals surface area (Å²) < 4.78 is 5.55. The van der Waals surface area contributed by atoms with Crippen LogP contribution < -0.4 is 15.7 Å². The molecule has 1 aliphatic rings. The lowest BCUT2D eigenvalue weighted by Gasteiger charge is -2.29. The van der Waals surface area contributed by atoms with Crippen molar-refractivity contribution >= 4 is 29.8 Å². The average Bonchev–Trinajstić information content (AvgIpc) is 3.00. The van der Waals surface area contributed by atoms with Gasteiger partial charge in [0.25, 0.3) is 0 Å². The summed E-state index contributed by atoms with van der Waals surface area (Å²) in [5.41, 5.74) is 0. The van der Waals surface area contributed by atoms with Gasteiger partial charge in [0.05, 0.1) is 27.7 Å². The zero-order chi connectivity index (χ0) is 23.9. The van der Waals surface area contributed by atoms with E-state index in [4.69, 9.17) is 14.9 Å². The van der Waals surface area contributed by atoms with Crippen LogP contribution in [-0.2, 0) is 28.7 Å². The Labute approximate surface area is 175 Å². The summed E-state index contributed by atoms with van der Waals surface area (Å²) in [6, 6.07) is -0.641. The second-order valence-corrected chi connectivity index (χ2v) is 7.44. The highest BCUT2D eigenvalue weighted by molar-refractivity contribution is 5.87. The molecule has 2 atom stereocenters. The number of likely N-dealkylation sites (N-methyl/N-ethyl adjacent to an activating group) is 2. The van der Waals surface area contributed by atoms with Gasteiger partial charge in [-0.3, -0.25) is 14.4 Å². The molecule has 0 aromatic heterocycles. The number of amides is 1. The van der Waals surface area contributed by atoms with Gasteiger partial charge in [-0.1, -0.05) is 6.92 Å². The third-order valence-corrected chi connectivity index (χ3v) is 3.35. The third kappa shape index (κ3) is 18.6. The first-order valence-electron chi connectivity index (χ1n) is 9.30. The number of nitrogens with one attached hydrogen (secondary N) is 2. The van der Waals surface area contributed by atoms with Gasteiger partial charge in [0, 0.05) is 25.2 Å². The molecule has 12 nitrogen and oxygen atoms in total. The van der Waals surface area contributed by atoms with E-state index in [0.29, 0.717) is 23.9 Å². The van der Waals surface area contributed by atoms with E-state index in [-0.39, 0.29) is 31.3 Å². The van der Waals surface area contributed by atoms with Gasteiger partial charge in [-0.25, -0.2) is 4.79 Å². The number of carboxylic acid groups (broad SMARTS) is 3. The Morgan fingerprint density at radius 2 is 1.83 bits per heavy atom. The van der Waals surface area contributed by atoms with E-state index < -0.39 is 30.1 Å². The van der Waals surface area contributed by atoms with Crippen molar-refractivity contribution in [2.45, 2.75) is 44.8 Å². The van der Waals surface area contributed by atoms with Gasteiger partial charge in [-0.15, -0.1) is 0 Å². The van der Waals surface area contributed by atoms with Crippen LogP contribution in [0.4, 0.5) is 0 Å². The molecule has 174 valence electrons. The zero-order valence-corrected chi connectivity index (χ0v) is 18.1. The van der Waals surface area contributed by atoms with E-state index in [9.17, 15) is 29.1 Å². The van der Waals surface area contributed by atoms with Crippen molar-refractivity contribution in [2.24, 2.45) is 0 Å². The predicted octanol–water partition coefficient (Wildman–Crippen LogP) is -2.21. The second kappa shape index (κ2) is 15.2. The van der Waals surface area contributed by atoms with Crippen LogP contribution in [0.25, 0.3) is 0 Å². The smallest absolute Gasteiger partial charge is 0.326 e. The summed E-state index contributed by atoms with van der Waals surface area (Å²) in [4.78, 5) is 51.6. The number of esters is 1. The molecular formula is C18H33N3O9. The molecule has 0 bridgehead atoms. The van der Waals surface area contributed by atoms with E-state index in [2.05, 4.69) is 10.6 Å². The fourth-order valence-electron chi connectivity index (χ4n) is 2.16. The number of carbonyl (C=O) groups is 5. The molecule has 0 aliphatic carbocycles. The lowest BCUT2D eigenvalue weighted by atomic mass is 10.2. The number of rotatable bonds is 9. The number of carboxylic acids is 3. The number of quaternary nitrogens is 1. The summed E-state index contributed by atoms with van der Waals surface area (Å²) in [6.07, 6.45) is 0.162. The van der Waals surface area contributed by atoms with Crippen LogP contribution >= 0.6 is 0 Å². The zero-order valence-electron chi connectivity index (χ0n) is 18.1. The summed E-state index contributed by atoms with van der Waals surface area (Å²) in [6.45, 7) is 2.17. The van der Waals surface area contributed by atoms with Crippen molar-refractivity contribution in [1.29, 1.82) is 0 Å². The van der Waals surface area contributed by atoms with Gasteiger partial charge in [-0.2, -0.15) is 0 Å². The minimum atomic E-state index is -1.20. The Bertz CT molecular complexity index is 588. The van der Waals surface area contributed by atoms with Crippen molar-refractivity contribution in [3.8, 4) is 0 Å². The summed E-state index contributed by atoms with van der Waals surface area (Å²) in [5, 5.41) is 31.4. The maximum absolute atomic E-state index is 11.0. The number of nitrogens with zero attached hydrogens (tertiary/aromatic N) is 1. The molecule has 0 radical (unpaired) electrons. The molecule has 0 saturated carbocycles. The van der Waals surface area contributed by atoms with Crippen molar-refractivity contribution in [2.75, 3.05) is 41.3 Å². The van der Waals surface area contributed by atoms with Crippen LogP contribution in [0.3, 0.4) is 0 Å². The van der Waals surface area contributed by atoms with Crippen LogP contribution in [0.1, 0.15) is 32.6 Å². The van der Waals surface area contributed by atoms with Gasteiger partial charge in [-0.05, 0) is 13.5 Å². The number of carbonyl (C=O) groups excluding carboxylic acids is 3. The van der Waals surface area contributed by atoms with Gasteiger partial charge in [0.15, 0.2) is 6.10 Å². The number of aliphatic carboxylic acids is 3. The summed E-state index contributed by atoms with van der Waals surface area (Å²) in [5.74, 6) is -3.51. The molecule has 0 spiro atoms. The second-order valence-electron chi connectivity index (χ2n) is 7.44. The SMILES string of the molecule is CCC(=O)OC(CC(=O)[O-])C[N+](C)(C)C.CNCC(=O)O.O=C1CC[C@@H](C(=O)O)N1. The van der Waals surface area contributed by atoms with Gasteiger partial charge >= 0.3 is 17.9 Å². The molecule has 1 amide bonds. The molecule has 0 aromatic carbocycles. The fraction of sp³-hybridized carbons (Fsp3) is 0.722. The lowest BCUT2D eigenvalue weighted by Crippen LogP contribution is -2.45. The van der Waals surface area contributed by atoms with Crippen molar-refractivity contribution in [3.05, 3.63) is 0 Å². The highest BCUT2D eigenvalue weighted by atomic mass is 16.5. The average molecular weight is 435 g/mol. The maximum atomic E-state index is 11.0.